The van der Waals surface area contributed by atoms with Gasteiger partial charge in [0.1, 0.15) is 6.33 Å². The maximum absolute atomic E-state index is 13.4. The highest BCUT2D eigenvalue weighted by Crippen LogP contribution is 2.26. The van der Waals surface area contributed by atoms with Gasteiger partial charge in [0, 0.05) is 55.5 Å². The minimum atomic E-state index is -0.192. The average molecular weight is 562 g/mol. The molecule has 2 bridgehead atoms. The second kappa shape index (κ2) is 13.0. The molecular weight excluding hydrogens is 522 g/mol. The third-order valence-electron chi connectivity index (χ3n) is 7.79. The van der Waals surface area contributed by atoms with Gasteiger partial charge in [0.2, 0.25) is 5.91 Å². The highest BCUT2D eigenvalue weighted by Gasteiger charge is 2.30. The molecule has 3 amide bonds. The zero-order valence-corrected chi connectivity index (χ0v) is 23.9. The van der Waals surface area contributed by atoms with Crippen molar-refractivity contribution >= 4 is 17.7 Å². The number of amides is 3. The predicted molar refractivity (Wildman–Crippen MR) is 151 cm³/mol. The Morgan fingerprint density at radius 1 is 1.10 bits per heavy atom. The molecule has 1 aliphatic carbocycles. The first-order valence-corrected chi connectivity index (χ1v) is 14.6. The van der Waals surface area contributed by atoms with Crippen LogP contribution < -0.4 is 10.6 Å². The van der Waals surface area contributed by atoms with Crippen LogP contribution in [0.25, 0.3) is 0 Å². The van der Waals surface area contributed by atoms with Crippen LogP contribution in [0.15, 0.2) is 30.6 Å². The van der Waals surface area contributed by atoms with E-state index in [2.05, 4.69) is 40.0 Å². The van der Waals surface area contributed by atoms with Crippen molar-refractivity contribution in [3.05, 3.63) is 58.7 Å². The number of aromatic nitrogens is 6. The minimum absolute atomic E-state index is 0.0223. The van der Waals surface area contributed by atoms with E-state index in [0.29, 0.717) is 69.0 Å². The first-order chi connectivity index (χ1) is 19.9. The van der Waals surface area contributed by atoms with Gasteiger partial charge in [0.15, 0.2) is 5.69 Å². The van der Waals surface area contributed by atoms with Crippen LogP contribution in [0.4, 0.5) is 0 Å². The summed E-state index contributed by atoms with van der Waals surface area (Å²) in [6.07, 6.45) is 6.26. The molecule has 3 aromatic rings. The van der Waals surface area contributed by atoms with Gasteiger partial charge in [0.05, 0.1) is 6.54 Å². The van der Waals surface area contributed by atoms with E-state index in [1.807, 2.05) is 16.8 Å². The van der Waals surface area contributed by atoms with Crippen molar-refractivity contribution in [3.8, 4) is 0 Å². The third kappa shape index (κ3) is 7.17. The molecule has 3 heterocycles. The van der Waals surface area contributed by atoms with Gasteiger partial charge < -0.3 is 15.5 Å². The first kappa shape index (κ1) is 28.4. The topological polar surface area (TPSA) is 140 Å². The summed E-state index contributed by atoms with van der Waals surface area (Å²) in [6, 6.07) is 7.37. The van der Waals surface area contributed by atoms with Gasteiger partial charge in [-0.25, -0.2) is 4.68 Å². The lowest BCUT2D eigenvalue weighted by Gasteiger charge is -2.25. The predicted octanol–water partition coefficient (Wildman–Crippen LogP) is 1.99. The number of tetrazole rings is 1. The third-order valence-corrected chi connectivity index (χ3v) is 7.79. The van der Waals surface area contributed by atoms with Gasteiger partial charge in [0.25, 0.3) is 11.8 Å². The van der Waals surface area contributed by atoms with Crippen molar-refractivity contribution in [1.29, 1.82) is 0 Å². The maximum atomic E-state index is 13.4. The summed E-state index contributed by atoms with van der Waals surface area (Å²) < 4.78 is 3.62. The van der Waals surface area contributed by atoms with E-state index in [1.54, 1.807) is 28.0 Å². The number of fused-ring (bicyclic) bond motifs is 1. The highest BCUT2D eigenvalue weighted by atomic mass is 16.2. The Morgan fingerprint density at radius 2 is 1.90 bits per heavy atom. The molecule has 1 aliphatic heterocycles. The lowest BCUT2D eigenvalue weighted by molar-refractivity contribution is -0.122. The zero-order valence-electron chi connectivity index (χ0n) is 23.9. The summed E-state index contributed by atoms with van der Waals surface area (Å²) >= 11 is 0. The van der Waals surface area contributed by atoms with Crippen molar-refractivity contribution < 1.29 is 14.4 Å². The van der Waals surface area contributed by atoms with E-state index in [0.717, 1.165) is 42.6 Å². The molecule has 0 saturated heterocycles. The van der Waals surface area contributed by atoms with Gasteiger partial charge in [-0.15, -0.1) is 5.10 Å². The summed E-state index contributed by atoms with van der Waals surface area (Å²) in [6.45, 7) is 7.02. The highest BCUT2D eigenvalue weighted by molar-refractivity contribution is 5.95. The number of hydrogen-bond donors (Lipinski definition) is 2. The molecule has 12 heteroatoms. The van der Waals surface area contributed by atoms with Crippen LogP contribution in [0.3, 0.4) is 0 Å². The van der Waals surface area contributed by atoms with Gasteiger partial charge >= 0.3 is 0 Å². The van der Waals surface area contributed by atoms with E-state index in [4.69, 9.17) is 5.10 Å². The average Bonchev–Trinajstić information content (AvgIpc) is 3.60. The molecule has 218 valence electrons. The molecule has 2 aliphatic rings. The Bertz CT molecular complexity index is 1350. The number of aryl methyl sites for hydroxylation is 1. The summed E-state index contributed by atoms with van der Waals surface area (Å²) in [5.41, 5.74) is 4.09. The summed E-state index contributed by atoms with van der Waals surface area (Å²) in [5, 5.41) is 22.1. The van der Waals surface area contributed by atoms with E-state index >= 15 is 0 Å². The van der Waals surface area contributed by atoms with Crippen molar-refractivity contribution in [2.45, 2.75) is 77.9 Å². The number of nitrogens with one attached hydrogen (secondary N) is 2. The molecule has 1 atom stereocenters. The number of hydrogen-bond acceptors (Lipinski definition) is 7. The monoisotopic (exact) mass is 561 g/mol. The fourth-order valence-electron chi connectivity index (χ4n) is 5.53. The van der Waals surface area contributed by atoms with Gasteiger partial charge in [-0.1, -0.05) is 26.0 Å². The van der Waals surface area contributed by atoms with Crippen molar-refractivity contribution in [2.75, 3.05) is 19.6 Å². The smallest absolute Gasteiger partial charge is 0.272 e. The number of carbonyl (C=O) groups excluding carboxylic acids is 3. The molecule has 5 rings (SSSR count). The van der Waals surface area contributed by atoms with Crippen molar-refractivity contribution in [3.63, 3.8) is 0 Å². The van der Waals surface area contributed by atoms with E-state index in [-0.39, 0.29) is 23.8 Å². The lowest BCUT2D eigenvalue weighted by atomic mass is 9.91. The molecule has 1 unspecified atom stereocenters. The van der Waals surface area contributed by atoms with Gasteiger partial charge in [-0.2, -0.15) is 5.10 Å². The largest absolute Gasteiger partial charge is 0.353 e. The molecule has 0 spiro atoms. The van der Waals surface area contributed by atoms with Crippen LogP contribution in [0.2, 0.25) is 0 Å². The Balaban J connectivity index is 1.28. The fourth-order valence-corrected chi connectivity index (χ4v) is 5.53. The standard InChI is InChI=1S/C29H39N9O3/c1-20(2)12-16-38-25-11-10-23-17-24(25)27(33-38)28(40)30-13-4-15-36(14-3-5-26(39)32-23)29(41)22-8-6-21(7-9-22)18-37-19-31-34-35-37/h6-9,19-20,23H,3-5,10-18H2,1-2H3,(H,30,40)(H,32,39). The van der Waals surface area contributed by atoms with Crippen molar-refractivity contribution in [1.82, 2.24) is 45.5 Å². The normalized spacial score (nSPS) is 18.4. The van der Waals surface area contributed by atoms with Gasteiger partial charge in [-0.3, -0.25) is 19.1 Å². The molecule has 0 saturated carbocycles. The van der Waals surface area contributed by atoms with Crippen LogP contribution >= 0.6 is 0 Å². The molecule has 0 fully saturated rings. The van der Waals surface area contributed by atoms with Crippen molar-refractivity contribution in [2.24, 2.45) is 5.92 Å². The lowest BCUT2D eigenvalue weighted by Crippen LogP contribution is -2.40. The zero-order chi connectivity index (χ0) is 28.8. The SMILES string of the molecule is CC(C)CCn1nc2c3c1CCC(C3)NC(=O)CCCN(C(=O)c1ccc(Cn3cnnn3)cc1)CCCNC2=O. The van der Waals surface area contributed by atoms with Crippen LogP contribution in [-0.4, -0.2) is 78.3 Å². The van der Waals surface area contributed by atoms with Crippen LogP contribution in [0.5, 0.6) is 0 Å². The number of benzene rings is 1. The Hall–Kier alpha value is -4.09. The molecule has 2 N–H and O–H groups in total. The molecular formula is C29H39N9O3. The molecule has 41 heavy (non-hydrogen) atoms. The van der Waals surface area contributed by atoms with Gasteiger partial charge in [-0.05, 0) is 72.6 Å². The Kier molecular flexibility index (Phi) is 9.05. The maximum Gasteiger partial charge on any atom is 0.272 e. The summed E-state index contributed by atoms with van der Waals surface area (Å²) in [5.74, 6) is 0.226. The minimum Gasteiger partial charge on any atom is -0.353 e. The molecule has 2 aromatic heterocycles. The van der Waals surface area contributed by atoms with E-state index in [1.165, 1.54) is 0 Å². The van der Waals surface area contributed by atoms with Crippen LogP contribution in [0, 0.1) is 5.92 Å². The second-order valence-electron chi connectivity index (χ2n) is 11.4. The molecule has 0 radical (unpaired) electrons. The first-order valence-electron chi connectivity index (χ1n) is 14.6. The Morgan fingerprint density at radius 3 is 2.66 bits per heavy atom. The fraction of sp³-hybridized carbons (Fsp3) is 0.552. The van der Waals surface area contributed by atoms with Crippen LogP contribution in [-0.2, 0) is 30.7 Å². The summed E-state index contributed by atoms with van der Waals surface area (Å²) in [7, 11) is 0. The number of rotatable bonds is 6. The van der Waals surface area contributed by atoms with E-state index < -0.39 is 0 Å². The number of carbonyl (C=O) groups is 3. The summed E-state index contributed by atoms with van der Waals surface area (Å²) in [4.78, 5) is 41.3. The number of nitrogens with zero attached hydrogens (tertiary/aromatic N) is 7. The molecule has 12 nitrogen and oxygen atoms in total. The molecule has 1 aromatic carbocycles. The van der Waals surface area contributed by atoms with E-state index in [9.17, 15) is 14.4 Å². The Labute approximate surface area is 239 Å². The second-order valence-corrected chi connectivity index (χ2v) is 11.4. The quantitative estimate of drug-likeness (QED) is 0.469. The van der Waals surface area contributed by atoms with Crippen LogP contribution in [0.1, 0.15) is 83.6 Å².